The lowest BCUT2D eigenvalue weighted by molar-refractivity contribution is -0.152. The number of nitrogens with zero attached hydrogens (tertiary/aromatic N) is 1. The molecule has 10 nitrogen and oxygen atoms in total. The molecule has 200 valence electrons. The van der Waals surface area contributed by atoms with Crippen molar-refractivity contribution in [2.75, 3.05) is 12.8 Å². The van der Waals surface area contributed by atoms with Gasteiger partial charge < -0.3 is 24.9 Å². The highest BCUT2D eigenvalue weighted by Crippen LogP contribution is 2.33. The van der Waals surface area contributed by atoms with E-state index in [2.05, 4.69) is 0 Å². The van der Waals surface area contributed by atoms with Crippen LogP contribution in [-0.4, -0.2) is 64.4 Å². The van der Waals surface area contributed by atoms with Gasteiger partial charge in [0, 0.05) is 36.0 Å². The first-order valence-corrected chi connectivity index (χ1v) is 13.6. The molecule has 37 heavy (non-hydrogen) atoms. The number of nitrogens with one attached hydrogen (secondary N) is 1. The normalized spacial score (nSPS) is 13.1. The number of esters is 1. The first kappa shape index (κ1) is 30.2. The molecule has 0 aliphatic carbocycles. The van der Waals surface area contributed by atoms with Gasteiger partial charge in [-0.15, -0.1) is 11.8 Å². The molecule has 2 aromatic rings. The molecular formula is C25H29N2O8S2-. The van der Waals surface area contributed by atoms with Crippen LogP contribution in [0.5, 0.6) is 5.75 Å². The fourth-order valence-corrected chi connectivity index (χ4v) is 5.09. The smallest absolute Gasteiger partial charge is 0.332 e. The molecule has 3 N–H and O–H groups in total. The number of hydrogen-bond donors (Lipinski definition) is 3. The fourth-order valence-electron chi connectivity index (χ4n) is 3.66. The number of thioether (sulfide) groups is 1. The summed E-state index contributed by atoms with van der Waals surface area (Å²) in [5.41, 5.74) is 1.65. The third-order valence-corrected chi connectivity index (χ3v) is 7.64. The SMILES string of the molecule is CCCC(=N)c1ccc(OC(=O)CC[C@@H](c2ccccc2)N(CC(SC)(C(=O)O)C(=O)O)S(=O)[O-])cc1. The first-order chi connectivity index (χ1) is 17.5. The largest absolute Gasteiger partial charge is 0.760 e. The molecule has 0 amide bonds. The van der Waals surface area contributed by atoms with Gasteiger partial charge in [-0.05, 0) is 54.5 Å². The van der Waals surface area contributed by atoms with E-state index in [1.165, 1.54) is 6.26 Å². The maximum Gasteiger partial charge on any atom is 0.332 e. The van der Waals surface area contributed by atoms with E-state index in [0.29, 0.717) is 35.0 Å². The summed E-state index contributed by atoms with van der Waals surface area (Å²) < 4.78 is 28.1. The van der Waals surface area contributed by atoms with Crippen LogP contribution in [0.1, 0.15) is 49.8 Å². The van der Waals surface area contributed by atoms with Gasteiger partial charge in [0.25, 0.3) is 0 Å². The van der Waals surface area contributed by atoms with Gasteiger partial charge in [0.1, 0.15) is 5.75 Å². The minimum absolute atomic E-state index is 0.0836. The van der Waals surface area contributed by atoms with Crippen LogP contribution in [0.4, 0.5) is 0 Å². The Morgan fingerprint density at radius 1 is 1.08 bits per heavy atom. The summed E-state index contributed by atoms with van der Waals surface area (Å²) >= 11 is -2.50. The summed E-state index contributed by atoms with van der Waals surface area (Å²) in [6.45, 7) is 1.12. The Labute approximate surface area is 222 Å². The molecule has 0 aliphatic heterocycles. The van der Waals surface area contributed by atoms with E-state index in [-0.39, 0.29) is 18.6 Å². The minimum Gasteiger partial charge on any atom is -0.760 e. The molecule has 0 bridgehead atoms. The molecule has 2 atom stereocenters. The number of ether oxygens (including phenoxy) is 1. The van der Waals surface area contributed by atoms with Gasteiger partial charge in [-0.2, -0.15) is 0 Å². The van der Waals surface area contributed by atoms with Gasteiger partial charge in [-0.1, -0.05) is 43.7 Å². The number of hydrogen-bond acceptors (Lipinski definition) is 8. The zero-order chi connectivity index (χ0) is 27.6. The Balaban J connectivity index is 2.25. The van der Waals surface area contributed by atoms with Crippen LogP contribution < -0.4 is 4.74 Å². The maximum absolute atomic E-state index is 12.6. The second-order valence-electron chi connectivity index (χ2n) is 8.13. The summed E-state index contributed by atoms with van der Waals surface area (Å²) in [4.78, 5) is 36.3. The molecule has 2 aromatic carbocycles. The molecule has 0 heterocycles. The number of carbonyl (C=O) groups is 3. The molecule has 2 rings (SSSR count). The second kappa shape index (κ2) is 14.0. The Kier molecular flexibility index (Phi) is 11.4. The summed E-state index contributed by atoms with van der Waals surface area (Å²) in [7, 11) is 0. The van der Waals surface area contributed by atoms with E-state index in [0.717, 1.165) is 10.7 Å². The van der Waals surface area contributed by atoms with E-state index >= 15 is 0 Å². The van der Waals surface area contributed by atoms with E-state index in [4.69, 9.17) is 10.1 Å². The summed E-state index contributed by atoms with van der Waals surface area (Å²) in [5, 5.41) is 27.3. The summed E-state index contributed by atoms with van der Waals surface area (Å²) in [5.74, 6) is -3.77. The zero-order valence-corrected chi connectivity index (χ0v) is 22.0. The van der Waals surface area contributed by atoms with Gasteiger partial charge >= 0.3 is 17.9 Å². The van der Waals surface area contributed by atoms with Crippen LogP contribution in [0.25, 0.3) is 0 Å². The Bertz CT molecular complexity index is 1110. The lowest BCUT2D eigenvalue weighted by atomic mass is 10.0. The Hall–Kier alpha value is -3.06. The highest BCUT2D eigenvalue weighted by molar-refractivity contribution is 8.01. The number of carboxylic acids is 2. The molecule has 12 heteroatoms. The lowest BCUT2D eigenvalue weighted by Crippen LogP contribution is -2.53. The monoisotopic (exact) mass is 549 g/mol. The summed E-state index contributed by atoms with van der Waals surface area (Å²) in [6.07, 6.45) is 2.42. The van der Waals surface area contributed by atoms with E-state index in [9.17, 15) is 33.4 Å². The van der Waals surface area contributed by atoms with Crippen molar-refractivity contribution in [3.05, 3.63) is 65.7 Å². The number of carboxylic acid groups (broad SMARTS) is 2. The van der Waals surface area contributed by atoms with Crippen LogP contribution in [0, 0.1) is 5.41 Å². The maximum atomic E-state index is 12.6. The molecule has 0 aromatic heterocycles. The fraction of sp³-hybridized carbons (Fsp3) is 0.360. The zero-order valence-electron chi connectivity index (χ0n) is 20.4. The number of benzene rings is 2. The van der Waals surface area contributed by atoms with Crippen LogP contribution in [-0.2, 0) is 25.7 Å². The van der Waals surface area contributed by atoms with Gasteiger partial charge in [-0.25, -0.2) is 4.31 Å². The van der Waals surface area contributed by atoms with E-state index in [1.807, 2.05) is 6.92 Å². The van der Waals surface area contributed by atoms with Crippen molar-refractivity contribution in [1.29, 1.82) is 5.41 Å². The van der Waals surface area contributed by atoms with E-state index in [1.54, 1.807) is 54.6 Å². The standard InChI is InChI=1S/C25H30N2O8S2/c1-3-7-20(26)17-10-12-19(13-11-17)35-22(28)15-14-21(18-8-5-4-6-9-18)27(37(33)34)16-25(36-2,23(29)30)24(31)32/h4-6,8-13,21,26H,3,7,14-16H2,1-2H3,(H,29,30)(H,31,32)(H,33,34)/p-1/t21-/m0/s1. The molecule has 0 saturated heterocycles. The van der Waals surface area contributed by atoms with Crippen molar-refractivity contribution in [2.24, 2.45) is 0 Å². The van der Waals surface area contributed by atoms with E-state index < -0.39 is 46.5 Å². The molecule has 0 aliphatic rings. The highest BCUT2D eigenvalue weighted by atomic mass is 32.2. The van der Waals surface area contributed by atoms with Crippen LogP contribution >= 0.6 is 11.8 Å². The predicted octanol–water partition coefficient (Wildman–Crippen LogP) is 3.65. The third kappa shape index (κ3) is 7.96. The topological polar surface area (TPSA) is 168 Å². The second-order valence-corrected chi connectivity index (χ2v) is 10.1. The van der Waals surface area contributed by atoms with Crippen molar-refractivity contribution in [3.8, 4) is 5.75 Å². The average Bonchev–Trinajstić information content (AvgIpc) is 2.86. The molecule has 1 unspecified atom stereocenters. The molecule has 0 spiro atoms. The quantitative estimate of drug-likeness (QED) is 0.0987. The van der Waals surface area contributed by atoms with Crippen molar-refractivity contribution in [3.63, 3.8) is 0 Å². The molecule has 0 fully saturated rings. The van der Waals surface area contributed by atoms with Crippen molar-refractivity contribution >= 4 is 46.6 Å². The van der Waals surface area contributed by atoms with Gasteiger partial charge in [-0.3, -0.25) is 18.6 Å². The molecule has 0 saturated carbocycles. The highest BCUT2D eigenvalue weighted by Gasteiger charge is 2.49. The average molecular weight is 550 g/mol. The van der Waals surface area contributed by atoms with Gasteiger partial charge in [0.05, 0.1) is 0 Å². The Morgan fingerprint density at radius 3 is 2.16 bits per heavy atom. The number of rotatable bonds is 15. The molecule has 0 radical (unpaired) electrons. The minimum atomic E-state index is -3.01. The third-order valence-electron chi connectivity index (χ3n) is 5.70. The van der Waals surface area contributed by atoms with Crippen molar-refractivity contribution < 1.29 is 38.1 Å². The predicted molar refractivity (Wildman–Crippen MR) is 139 cm³/mol. The first-order valence-electron chi connectivity index (χ1n) is 11.4. The molecular weight excluding hydrogens is 520 g/mol. The van der Waals surface area contributed by atoms with Crippen LogP contribution in [0.2, 0.25) is 0 Å². The summed E-state index contributed by atoms with van der Waals surface area (Å²) in [6, 6.07) is 13.7. The number of aliphatic carboxylic acids is 2. The number of carbonyl (C=O) groups excluding carboxylic acids is 1. The van der Waals surface area contributed by atoms with Crippen molar-refractivity contribution in [2.45, 2.75) is 43.4 Å². The van der Waals surface area contributed by atoms with Crippen LogP contribution in [0.15, 0.2) is 54.6 Å². The van der Waals surface area contributed by atoms with Gasteiger partial charge in [0.2, 0.25) is 4.75 Å². The van der Waals surface area contributed by atoms with Gasteiger partial charge in [0.15, 0.2) is 0 Å². The van der Waals surface area contributed by atoms with Crippen LogP contribution in [0.3, 0.4) is 0 Å². The lowest BCUT2D eigenvalue weighted by Gasteiger charge is -2.37. The van der Waals surface area contributed by atoms with Crippen molar-refractivity contribution in [1.82, 2.24) is 4.31 Å². The Morgan fingerprint density at radius 2 is 1.68 bits per heavy atom.